The van der Waals surface area contributed by atoms with Gasteiger partial charge in [0.1, 0.15) is 0 Å². The first-order chi connectivity index (χ1) is 9.91. The Kier molecular flexibility index (Phi) is 6.77. The first-order valence-electron chi connectivity index (χ1n) is 6.83. The van der Waals surface area contributed by atoms with E-state index in [4.69, 9.17) is 15.3 Å². The molecule has 0 aliphatic carbocycles. The number of ether oxygens (including phenoxy) is 2. The molecule has 0 amide bonds. The molecule has 0 aliphatic rings. The molecule has 0 aromatic heterocycles. The monoisotopic (exact) mass is 306 g/mol. The van der Waals surface area contributed by atoms with Gasteiger partial charge in [0.2, 0.25) is 0 Å². The zero-order valence-electron chi connectivity index (χ0n) is 12.2. The molecule has 1 aromatic rings. The Balaban J connectivity index is 2.91. The smallest absolute Gasteiger partial charge is 0.389 e. The maximum absolute atomic E-state index is 12.3. The fourth-order valence-corrected chi connectivity index (χ4v) is 1.94. The molecule has 1 rings (SSSR count). The van der Waals surface area contributed by atoms with Crippen LogP contribution in [0.4, 0.5) is 13.2 Å². The molecule has 0 saturated heterocycles. The van der Waals surface area contributed by atoms with Crippen LogP contribution in [0.15, 0.2) is 18.2 Å². The third kappa shape index (κ3) is 5.81. The van der Waals surface area contributed by atoms with Gasteiger partial charge in [0.15, 0.2) is 11.5 Å². The van der Waals surface area contributed by atoms with Crippen molar-refractivity contribution in [2.24, 2.45) is 5.84 Å². The van der Waals surface area contributed by atoms with Crippen LogP contribution in [0.5, 0.6) is 11.5 Å². The maximum atomic E-state index is 12.3. The number of rotatable bonds is 8. The summed E-state index contributed by atoms with van der Waals surface area (Å²) in [5.41, 5.74) is 3.05. The zero-order valence-corrected chi connectivity index (χ0v) is 12.2. The molecule has 0 heterocycles. The van der Waals surface area contributed by atoms with Crippen molar-refractivity contribution < 1.29 is 22.6 Å². The van der Waals surface area contributed by atoms with Crippen molar-refractivity contribution in [1.82, 2.24) is 5.43 Å². The quantitative estimate of drug-likeness (QED) is 0.571. The van der Waals surface area contributed by atoms with Crippen LogP contribution in [0.25, 0.3) is 0 Å². The van der Waals surface area contributed by atoms with Crippen LogP contribution >= 0.6 is 0 Å². The van der Waals surface area contributed by atoms with Gasteiger partial charge >= 0.3 is 6.18 Å². The maximum Gasteiger partial charge on any atom is 0.389 e. The van der Waals surface area contributed by atoms with Gasteiger partial charge in [-0.15, -0.1) is 0 Å². The Hall–Kier alpha value is -1.47. The Bertz CT molecular complexity index is 439. The number of halogens is 3. The fraction of sp³-hybridized carbons (Fsp3) is 0.571. The van der Waals surface area contributed by atoms with Gasteiger partial charge in [-0.1, -0.05) is 6.07 Å². The van der Waals surface area contributed by atoms with Gasteiger partial charge in [0.25, 0.3) is 0 Å². The van der Waals surface area contributed by atoms with Crippen LogP contribution in [0, 0.1) is 0 Å². The van der Waals surface area contributed by atoms with Crippen molar-refractivity contribution in [3.05, 3.63) is 23.8 Å². The third-order valence-electron chi connectivity index (χ3n) is 2.89. The Labute approximate surface area is 122 Å². The molecule has 0 bridgehead atoms. The van der Waals surface area contributed by atoms with Crippen LogP contribution < -0.4 is 20.7 Å². The topological polar surface area (TPSA) is 56.5 Å². The van der Waals surface area contributed by atoms with Crippen molar-refractivity contribution in [3.8, 4) is 11.5 Å². The average molecular weight is 306 g/mol. The van der Waals surface area contributed by atoms with Crippen molar-refractivity contribution in [2.45, 2.75) is 38.9 Å². The van der Waals surface area contributed by atoms with Gasteiger partial charge in [-0.3, -0.25) is 11.3 Å². The van der Waals surface area contributed by atoms with Gasteiger partial charge in [-0.05, 0) is 38.0 Å². The minimum Gasteiger partial charge on any atom is -0.490 e. The summed E-state index contributed by atoms with van der Waals surface area (Å²) in [7, 11) is 0. The predicted molar refractivity (Wildman–Crippen MR) is 74.1 cm³/mol. The Morgan fingerprint density at radius 2 is 1.76 bits per heavy atom. The highest BCUT2D eigenvalue weighted by atomic mass is 19.4. The van der Waals surface area contributed by atoms with E-state index in [2.05, 4.69) is 5.43 Å². The fourth-order valence-electron chi connectivity index (χ4n) is 1.94. The van der Waals surface area contributed by atoms with E-state index in [1.165, 1.54) is 0 Å². The van der Waals surface area contributed by atoms with E-state index in [9.17, 15) is 13.2 Å². The van der Waals surface area contributed by atoms with Crippen molar-refractivity contribution >= 4 is 0 Å². The second kappa shape index (κ2) is 8.09. The summed E-state index contributed by atoms with van der Waals surface area (Å²) in [5, 5.41) is 0. The lowest BCUT2D eigenvalue weighted by atomic mass is 10.0. The minimum atomic E-state index is -4.21. The highest BCUT2D eigenvalue weighted by molar-refractivity contribution is 5.44. The predicted octanol–water partition coefficient (Wildman–Crippen LogP) is 3.33. The van der Waals surface area contributed by atoms with Gasteiger partial charge < -0.3 is 9.47 Å². The van der Waals surface area contributed by atoms with E-state index in [-0.39, 0.29) is 6.42 Å². The van der Waals surface area contributed by atoms with Crippen LogP contribution in [-0.2, 0) is 0 Å². The van der Waals surface area contributed by atoms with E-state index >= 15 is 0 Å². The Morgan fingerprint density at radius 1 is 1.14 bits per heavy atom. The normalized spacial score (nSPS) is 13.0. The number of hydrogen-bond donors (Lipinski definition) is 2. The first-order valence-corrected chi connectivity index (χ1v) is 6.83. The van der Waals surface area contributed by atoms with Crippen LogP contribution in [0.1, 0.15) is 38.3 Å². The second-order valence-electron chi connectivity index (χ2n) is 4.45. The molecular formula is C14H21F3N2O2. The van der Waals surface area contributed by atoms with E-state index in [0.717, 1.165) is 0 Å². The molecule has 0 fully saturated rings. The van der Waals surface area contributed by atoms with E-state index in [1.54, 1.807) is 18.2 Å². The van der Waals surface area contributed by atoms with Crippen LogP contribution in [-0.4, -0.2) is 19.4 Å². The van der Waals surface area contributed by atoms with Gasteiger partial charge in [-0.2, -0.15) is 13.2 Å². The lowest BCUT2D eigenvalue weighted by Crippen LogP contribution is -2.29. The van der Waals surface area contributed by atoms with E-state index in [1.807, 2.05) is 13.8 Å². The number of nitrogens with one attached hydrogen (secondary N) is 1. The zero-order chi connectivity index (χ0) is 15.9. The molecular weight excluding hydrogens is 285 g/mol. The minimum absolute atomic E-state index is 0.139. The van der Waals surface area contributed by atoms with Gasteiger partial charge in [-0.25, -0.2) is 0 Å². The van der Waals surface area contributed by atoms with E-state index in [0.29, 0.717) is 30.3 Å². The highest BCUT2D eigenvalue weighted by Gasteiger charge is 2.28. The SMILES string of the molecule is CCOc1ccc(C(CCC(F)(F)F)NN)cc1OCC. The van der Waals surface area contributed by atoms with Crippen LogP contribution in [0.3, 0.4) is 0 Å². The average Bonchev–Trinajstić information content (AvgIpc) is 2.41. The van der Waals surface area contributed by atoms with Crippen molar-refractivity contribution in [1.29, 1.82) is 0 Å². The summed E-state index contributed by atoms with van der Waals surface area (Å²) in [4.78, 5) is 0. The molecule has 1 aromatic carbocycles. The molecule has 21 heavy (non-hydrogen) atoms. The third-order valence-corrected chi connectivity index (χ3v) is 2.89. The lowest BCUT2D eigenvalue weighted by molar-refractivity contribution is -0.136. The molecule has 1 unspecified atom stereocenters. The molecule has 7 heteroatoms. The molecule has 120 valence electrons. The summed E-state index contributed by atoms with van der Waals surface area (Å²) in [5.74, 6) is 6.43. The molecule has 0 aliphatic heterocycles. The summed E-state index contributed by atoms with van der Waals surface area (Å²) in [6.07, 6.45) is -5.25. The molecule has 3 N–H and O–H groups in total. The number of nitrogens with two attached hydrogens (primary N) is 1. The lowest BCUT2D eigenvalue weighted by Gasteiger charge is -2.19. The summed E-state index contributed by atoms with van der Waals surface area (Å²) < 4.78 is 47.8. The highest BCUT2D eigenvalue weighted by Crippen LogP contribution is 2.33. The second-order valence-corrected chi connectivity index (χ2v) is 4.45. The first kappa shape index (κ1) is 17.6. The molecule has 0 saturated carbocycles. The molecule has 4 nitrogen and oxygen atoms in total. The number of benzene rings is 1. The summed E-state index contributed by atoms with van der Waals surface area (Å²) in [6, 6.07) is 4.44. The molecule has 0 spiro atoms. The van der Waals surface area contributed by atoms with E-state index < -0.39 is 18.6 Å². The van der Waals surface area contributed by atoms with Gasteiger partial charge in [0.05, 0.1) is 13.2 Å². The molecule has 0 radical (unpaired) electrons. The number of alkyl halides is 3. The number of hydrogen-bond acceptors (Lipinski definition) is 4. The Morgan fingerprint density at radius 3 is 2.29 bits per heavy atom. The summed E-state index contributed by atoms with van der Waals surface area (Å²) in [6.45, 7) is 4.58. The van der Waals surface area contributed by atoms with Crippen molar-refractivity contribution in [2.75, 3.05) is 13.2 Å². The standard InChI is InChI=1S/C14H21F3N2O2/c1-3-20-12-6-5-10(9-13(12)21-4-2)11(19-18)7-8-14(15,16)17/h5-6,9,11,19H,3-4,7-8,18H2,1-2H3. The number of hydrazine groups is 1. The largest absolute Gasteiger partial charge is 0.490 e. The van der Waals surface area contributed by atoms with Gasteiger partial charge in [0, 0.05) is 12.5 Å². The summed E-state index contributed by atoms with van der Waals surface area (Å²) >= 11 is 0. The molecule has 1 atom stereocenters. The van der Waals surface area contributed by atoms with Crippen LogP contribution in [0.2, 0.25) is 0 Å². The van der Waals surface area contributed by atoms with Crippen molar-refractivity contribution in [3.63, 3.8) is 0 Å².